The van der Waals surface area contributed by atoms with Gasteiger partial charge in [-0.05, 0) is 34.7 Å². The van der Waals surface area contributed by atoms with Crippen molar-refractivity contribution in [3.63, 3.8) is 0 Å². The number of nitrogens with zero attached hydrogens (tertiary/aromatic N) is 2. The maximum atomic E-state index is 12.5. The molecule has 4 nitrogen and oxygen atoms in total. The van der Waals surface area contributed by atoms with E-state index in [-0.39, 0.29) is 11.0 Å². The van der Waals surface area contributed by atoms with Crippen LogP contribution in [0.25, 0.3) is 32.0 Å². The van der Waals surface area contributed by atoms with Gasteiger partial charge in [-0.25, -0.2) is 4.98 Å². The fourth-order valence-electron chi connectivity index (χ4n) is 2.86. The maximum Gasteiger partial charge on any atom is 0.269 e. The zero-order chi connectivity index (χ0) is 18.3. The molecule has 3 heterocycles. The standard InChI is InChI=1S/C21H19N3OS/c1-21(2,3)15-6-4-13(5-7-15)17-12-16-18(26-17)20(25)24-19(23-16)14-8-10-22-11-9-14/h4-12H,1-3H3,(H,23,24,25). The first-order valence-electron chi connectivity index (χ1n) is 8.47. The molecule has 0 aliphatic rings. The number of fused-ring (bicyclic) bond motifs is 1. The Hall–Kier alpha value is -2.79. The lowest BCUT2D eigenvalue weighted by atomic mass is 9.86. The molecular formula is C21H19N3OS. The lowest BCUT2D eigenvalue weighted by molar-refractivity contribution is 0.590. The summed E-state index contributed by atoms with van der Waals surface area (Å²) < 4.78 is 0.651. The van der Waals surface area contributed by atoms with Crippen LogP contribution in [0.2, 0.25) is 0 Å². The summed E-state index contributed by atoms with van der Waals surface area (Å²) in [6.07, 6.45) is 3.38. The largest absolute Gasteiger partial charge is 0.305 e. The van der Waals surface area contributed by atoms with Crippen molar-refractivity contribution < 1.29 is 0 Å². The van der Waals surface area contributed by atoms with Gasteiger partial charge in [-0.15, -0.1) is 11.3 Å². The molecule has 0 fully saturated rings. The number of rotatable bonds is 2. The van der Waals surface area contributed by atoms with Crippen LogP contribution in [0.15, 0.2) is 59.7 Å². The lowest BCUT2D eigenvalue weighted by Gasteiger charge is -2.18. The first-order valence-corrected chi connectivity index (χ1v) is 9.29. The zero-order valence-corrected chi connectivity index (χ0v) is 15.7. The monoisotopic (exact) mass is 361 g/mol. The third-order valence-electron chi connectivity index (χ3n) is 4.37. The summed E-state index contributed by atoms with van der Waals surface area (Å²) in [7, 11) is 0. The summed E-state index contributed by atoms with van der Waals surface area (Å²) in [5.41, 5.74) is 3.98. The van der Waals surface area contributed by atoms with E-state index >= 15 is 0 Å². The smallest absolute Gasteiger partial charge is 0.269 e. The lowest BCUT2D eigenvalue weighted by Crippen LogP contribution is -2.10. The minimum Gasteiger partial charge on any atom is -0.305 e. The van der Waals surface area contributed by atoms with Gasteiger partial charge in [0.25, 0.3) is 5.56 Å². The van der Waals surface area contributed by atoms with Crippen molar-refractivity contribution in [2.75, 3.05) is 0 Å². The number of aromatic amines is 1. The minimum atomic E-state index is -0.107. The van der Waals surface area contributed by atoms with Gasteiger partial charge in [0.05, 0.1) is 5.52 Å². The van der Waals surface area contributed by atoms with E-state index in [4.69, 9.17) is 0 Å². The van der Waals surface area contributed by atoms with Crippen LogP contribution < -0.4 is 5.56 Å². The molecule has 0 atom stereocenters. The highest BCUT2D eigenvalue weighted by Crippen LogP contribution is 2.33. The average molecular weight is 361 g/mol. The second-order valence-corrected chi connectivity index (χ2v) is 8.35. The van der Waals surface area contributed by atoms with Crippen LogP contribution in [0.1, 0.15) is 26.3 Å². The molecule has 3 aromatic heterocycles. The number of hydrogen-bond donors (Lipinski definition) is 1. The highest BCUT2D eigenvalue weighted by atomic mass is 32.1. The van der Waals surface area contributed by atoms with Crippen molar-refractivity contribution in [2.24, 2.45) is 0 Å². The van der Waals surface area contributed by atoms with Crippen molar-refractivity contribution in [2.45, 2.75) is 26.2 Å². The van der Waals surface area contributed by atoms with Crippen LogP contribution in [-0.4, -0.2) is 15.0 Å². The molecule has 0 aliphatic heterocycles. The number of benzene rings is 1. The number of H-pyrrole nitrogens is 1. The molecule has 130 valence electrons. The Kier molecular flexibility index (Phi) is 3.96. The summed E-state index contributed by atoms with van der Waals surface area (Å²) >= 11 is 1.48. The van der Waals surface area contributed by atoms with E-state index < -0.39 is 0 Å². The molecule has 0 aliphatic carbocycles. The van der Waals surface area contributed by atoms with Crippen molar-refractivity contribution in [3.05, 3.63) is 70.8 Å². The maximum absolute atomic E-state index is 12.5. The van der Waals surface area contributed by atoms with Gasteiger partial charge in [0.1, 0.15) is 10.5 Å². The molecular weight excluding hydrogens is 342 g/mol. The van der Waals surface area contributed by atoms with E-state index in [0.717, 1.165) is 21.5 Å². The third-order valence-corrected chi connectivity index (χ3v) is 5.54. The number of thiophene rings is 1. The fourth-order valence-corrected chi connectivity index (χ4v) is 3.86. The molecule has 4 aromatic rings. The first kappa shape index (κ1) is 16.7. The van der Waals surface area contributed by atoms with E-state index in [9.17, 15) is 4.79 Å². The number of pyridine rings is 1. The minimum absolute atomic E-state index is 0.107. The Morgan fingerprint density at radius 2 is 1.65 bits per heavy atom. The molecule has 0 bridgehead atoms. The van der Waals surface area contributed by atoms with Crippen molar-refractivity contribution >= 4 is 21.6 Å². The highest BCUT2D eigenvalue weighted by Gasteiger charge is 2.15. The second-order valence-electron chi connectivity index (χ2n) is 7.30. The quantitative estimate of drug-likeness (QED) is 0.546. The average Bonchev–Trinajstić information content (AvgIpc) is 3.07. The van der Waals surface area contributed by atoms with Crippen LogP contribution >= 0.6 is 11.3 Å². The van der Waals surface area contributed by atoms with Gasteiger partial charge in [0.2, 0.25) is 0 Å². The second kappa shape index (κ2) is 6.18. The van der Waals surface area contributed by atoms with E-state index in [2.05, 4.69) is 60.0 Å². The van der Waals surface area contributed by atoms with E-state index in [1.165, 1.54) is 16.9 Å². The number of nitrogens with one attached hydrogen (secondary N) is 1. The van der Waals surface area contributed by atoms with Gasteiger partial charge in [0.15, 0.2) is 0 Å². The molecule has 1 N–H and O–H groups in total. The molecule has 4 rings (SSSR count). The van der Waals surface area contributed by atoms with Crippen LogP contribution in [0.5, 0.6) is 0 Å². The van der Waals surface area contributed by atoms with Crippen LogP contribution in [-0.2, 0) is 5.41 Å². The molecule has 26 heavy (non-hydrogen) atoms. The van der Waals surface area contributed by atoms with Crippen molar-refractivity contribution in [1.29, 1.82) is 0 Å². The van der Waals surface area contributed by atoms with E-state index in [1.807, 2.05) is 18.2 Å². The van der Waals surface area contributed by atoms with Crippen molar-refractivity contribution in [1.82, 2.24) is 15.0 Å². The van der Waals surface area contributed by atoms with Gasteiger partial charge in [-0.3, -0.25) is 9.78 Å². The third kappa shape index (κ3) is 3.06. The fraction of sp³-hybridized carbons (Fsp3) is 0.190. The molecule has 0 saturated heterocycles. The Morgan fingerprint density at radius 1 is 0.962 bits per heavy atom. The summed E-state index contributed by atoms with van der Waals surface area (Å²) in [4.78, 5) is 25.1. The first-order chi connectivity index (χ1) is 12.4. The SMILES string of the molecule is CC(C)(C)c1ccc(-c2cc3nc(-c4ccncc4)[nH]c(=O)c3s2)cc1. The summed E-state index contributed by atoms with van der Waals surface area (Å²) in [6.45, 7) is 6.60. The van der Waals surface area contributed by atoms with E-state index in [1.54, 1.807) is 12.4 Å². The van der Waals surface area contributed by atoms with Crippen LogP contribution in [0, 0.1) is 0 Å². The molecule has 5 heteroatoms. The molecule has 0 radical (unpaired) electrons. The normalized spacial score (nSPS) is 11.8. The molecule has 0 saturated carbocycles. The number of hydrogen-bond acceptors (Lipinski definition) is 4. The molecule has 0 unspecified atom stereocenters. The summed E-state index contributed by atoms with van der Waals surface area (Å²) in [5.74, 6) is 0.567. The number of aromatic nitrogens is 3. The van der Waals surface area contributed by atoms with Crippen LogP contribution in [0.3, 0.4) is 0 Å². The molecule has 0 spiro atoms. The predicted octanol–water partition coefficient (Wildman–Crippen LogP) is 5.01. The molecule has 0 amide bonds. The van der Waals surface area contributed by atoms with Gasteiger partial charge in [-0.2, -0.15) is 0 Å². The Balaban J connectivity index is 1.78. The Bertz CT molecular complexity index is 1120. The van der Waals surface area contributed by atoms with Crippen molar-refractivity contribution in [3.8, 4) is 21.8 Å². The van der Waals surface area contributed by atoms with Gasteiger partial charge in [0, 0.05) is 22.8 Å². The van der Waals surface area contributed by atoms with Gasteiger partial charge in [-0.1, -0.05) is 45.0 Å². The van der Waals surface area contributed by atoms with Gasteiger partial charge >= 0.3 is 0 Å². The molecule has 1 aromatic carbocycles. The predicted molar refractivity (Wildman–Crippen MR) is 108 cm³/mol. The van der Waals surface area contributed by atoms with Gasteiger partial charge < -0.3 is 4.98 Å². The van der Waals surface area contributed by atoms with E-state index in [0.29, 0.717) is 10.5 Å². The Labute approximate surface area is 155 Å². The Morgan fingerprint density at radius 3 is 2.31 bits per heavy atom. The topological polar surface area (TPSA) is 58.6 Å². The zero-order valence-electron chi connectivity index (χ0n) is 14.9. The van der Waals surface area contributed by atoms with Crippen LogP contribution in [0.4, 0.5) is 0 Å². The summed E-state index contributed by atoms with van der Waals surface area (Å²) in [6, 6.07) is 14.2. The summed E-state index contributed by atoms with van der Waals surface area (Å²) in [5, 5.41) is 0. The highest BCUT2D eigenvalue weighted by molar-refractivity contribution is 7.22.